The molecule has 7 nitrogen and oxygen atoms in total. The summed E-state index contributed by atoms with van der Waals surface area (Å²) in [5.74, 6) is -0.934. The molecule has 0 radical (unpaired) electrons. The Hall–Kier alpha value is -2.46. The third-order valence-corrected chi connectivity index (χ3v) is 9.25. The van der Waals surface area contributed by atoms with E-state index in [4.69, 9.17) is 4.74 Å². The fourth-order valence-corrected chi connectivity index (χ4v) is 7.54. The number of para-hydroxylation sites is 1. The summed E-state index contributed by atoms with van der Waals surface area (Å²) in [5, 5.41) is 6.14. The van der Waals surface area contributed by atoms with Crippen molar-refractivity contribution >= 4 is 38.0 Å². The SMILES string of the molecule is CC[C@H](Oc1ccccc1F)C(=O)Nc1sc2c(c1C(=O)N[C@H]1CCS(=O)(=O)C1)CC[C@@H](C)C2. The van der Waals surface area contributed by atoms with E-state index < -0.39 is 33.7 Å². The fraction of sp³-hybridized carbons (Fsp3) is 0.500. The van der Waals surface area contributed by atoms with Gasteiger partial charge in [-0.15, -0.1) is 11.3 Å². The number of rotatable bonds is 7. The molecule has 3 atom stereocenters. The van der Waals surface area contributed by atoms with Crippen molar-refractivity contribution in [2.75, 3.05) is 16.8 Å². The molecule has 2 heterocycles. The molecule has 1 aromatic heterocycles. The Morgan fingerprint density at radius 3 is 2.71 bits per heavy atom. The number of halogens is 1. The van der Waals surface area contributed by atoms with Crippen LogP contribution in [0.25, 0.3) is 0 Å². The van der Waals surface area contributed by atoms with Crippen molar-refractivity contribution < 1.29 is 27.1 Å². The average Bonchev–Trinajstić information content (AvgIpc) is 3.30. The van der Waals surface area contributed by atoms with Crippen LogP contribution in [0.4, 0.5) is 9.39 Å². The summed E-state index contributed by atoms with van der Waals surface area (Å²) in [7, 11) is -3.14. The number of hydrogen-bond donors (Lipinski definition) is 2. The predicted octanol–water partition coefficient (Wildman–Crippen LogP) is 3.73. The smallest absolute Gasteiger partial charge is 0.266 e. The molecule has 2 amide bonds. The molecule has 1 saturated heterocycles. The first-order valence-electron chi connectivity index (χ1n) is 11.5. The third kappa shape index (κ3) is 5.43. The lowest BCUT2D eigenvalue weighted by Crippen LogP contribution is -2.37. The normalized spacial score (nSPS) is 22.0. The van der Waals surface area contributed by atoms with E-state index in [0.717, 1.165) is 29.7 Å². The number of thiophene rings is 1. The molecule has 1 fully saturated rings. The van der Waals surface area contributed by atoms with Crippen LogP contribution >= 0.6 is 11.3 Å². The quantitative estimate of drug-likeness (QED) is 0.594. The highest BCUT2D eigenvalue weighted by molar-refractivity contribution is 7.91. The second kappa shape index (κ2) is 10.0. The summed E-state index contributed by atoms with van der Waals surface area (Å²) >= 11 is 1.38. The molecule has 2 aliphatic rings. The highest BCUT2D eigenvalue weighted by Gasteiger charge is 2.33. The van der Waals surface area contributed by atoms with E-state index in [1.165, 1.54) is 23.5 Å². The molecule has 184 valence electrons. The topological polar surface area (TPSA) is 102 Å². The van der Waals surface area contributed by atoms with Crippen LogP contribution < -0.4 is 15.4 Å². The highest BCUT2D eigenvalue weighted by atomic mass is 32.2. The Morgan fingerprint density at radius 2 is 2.03 bits per heavy atom. The van der Waals surface area contributed by atoms with E-state index in [0.29, 0.717) is 29.3 Å². The number of carbonyl (C=O) groups is 2. The van der Waals surface area contributed by atoms with Crippen LogP contribution in [0, 0.1) is 11.7 Å². The molecule has 2 aromatic rings. The number of carbonyl (C=O) groups excluding carboxylic acids is 2. The van der Waals surface area contributed by atoms with Crippen molar-refractivity contribution in [3.63, 3.8) is 0 Å². The first kappa shape index (κ1) is 24.7. The van der Waals surface area contributed by atoms with Crippen LogP contribution in [-0.2, 0) is 27.5 Å². The number of sulfone groups is 1. The molecule has 0 unspecified atom stereocenters. The maximum Gasteiger partial charge on any atom is 0.266 e. The van der Waals surface area contributed by atoms with Crippen LogP contribution in [0.3, 0.4) is 0 Å². The summed E-state index contributed by atoms with van der Waals surface area (Å²) in [6.45, 7) is 3.92. The van der Waals surface area contributed by atoms with E-state index in [9.17, 15) is 22.4 Å². The first-order chi connectivity index (χ1) is 16.2. The zero-order valence-electron chi connectivity index (χ0n) is 19.2. The minimum atomic E-state index is -3.14. The Kier molecular flexibility index (Phi) is 7.28. The van der Waals surface area contributed by atoms with E-state index in [2.05, 4.69) is 17.6 Å². The third-order valence-electron chi connectivity index (χ3n) is 6.31. The first-order valence-corrected chi connectivity index (χ1v) is 14.2. The molecule has 0 bridgehead atoms. The zero-order chi connectivity index (χ0) is 24.5. The monoisotopic (exact) mass is 508 g/mol. The van der Waals surface area contributed by atoms with Gasteiger partial charge in [0.1, 0.15) is 5.00 Å². The van der Waals surface area contributed by atoms with Gasteiger partial charge in [0.25, 0.3) is 11.8 Å². The molecular formula is C24H29FN2O5S2. The van der Waals surface area contributed by atoms with Crippen molar-refractivity contribution in [1.82, 2.24) is 5.32 Å². The number of hydrogen-bond acceptors (Lipinski definition) is 6. The molecule has 4 rings (SSSR count). The second-order valence-corrected chi connectivity index (χ2v) is 12.4. The van der Waals surface area contributed by atoms with Gasteiger partial charge in [0.05, 0.1) is 17.1 Å². The van der Waals surface area contributed by atoms with E-state index in [-0.39, 0.29) is 23.2 Å². The summed E-state index contributed by atoms with van der Waals surface area (Å²) in [4.78, 5) is 27.4. The zero-order valence-corrected chi connectivity index (χ0v) is 20.9. The molecular weight excluding hydrogens is 479 g/mol. The number of nitrogens with one attached hydrogen (secondary N) is 2. The maximum atomic E-state index is 14.0. The number of benzene rings is 1. The molecule has 1 aromatic carbocycles. The maximum absolute atomic E-state index is 14.0. The van der Waals surface area contributed by atoms with Crippen molar-refractivity contribution in [3.05, 3.63) is 46.1 Å². The Morgan fingerprint density at radius 1 is 1.26 bits per heavy atom. The van der Waals surface area contributed by atoms with Crippen LogP contribution in [-0.4, -0.2) is 43.9 Å². The van der Waals surface area contributed by atoms with Crippen molar-refractivity contribution in [2.24, 2.45) is 5.92 Å². The van der Waals surface area contributed by atoms with Crippen LogP contribution in [0.2, 0.25) is 0 Å². The summed E-state index contributed by atoms with van der Waals surface area (Å²) in [6.07, 6.45) is 2.22. The lowest BCUT2D eigenvalue weighted by molar-refractivity contribution is -0.122. The Balaban J connectivity index is 1.57. The van der Waals surface area contributed by atoms with Crippen molar-refractivity contribution in [3.8, 4) is 5.75 Å². The molecule has 1 aliphatic carbocycles. The molecule has 10 heteroatoms. The van der Waals surface area contributed by atoms with Gasteiger partial charge in [-0.05, 0) is 55.7 Å². The summed E-state index contributed by atoms with van der Waals surface area (Å²) in [6, 6.07) is 5.46. The number of anilines is 1. The number of ether oxygens (including phenoxy) is 1. The van der Waals surface area contributed by atoms with E-state index in [1.54, 1.807) is 19.1 Å². The largest absolute Gasteiger partial charge is 0.478 e. The van der Waals surface area contributed by atoms with E-state index in [1.807, 2.05) is 0 Å². The molecule has 1 aliphatic heterocycles. The van der Waals surface area contributed by atoms with Gasteiger partial charge < -0.3 is 15.4 Å². The minimum Gasteiger partial charge on any atom is -0.478 e. The van der Waals surface area contributed by atoms with Crippen LogP contribution in [0.5, 0.6) is 5.75 Å². The average molecular weight is 509 g/mol. The fourth-order valence-electron chi connectivity index (χ4n) is 4.45. The van der Waals surface area contributed by atoms with Gasteiger partial charge in [-0.25, -0.2) is 12.8 Å². The Labute approximate surface area is 203 Å². The van der Waals surface area contributed by atoms with Gasteiger partial charge in [-0.3, -0.25) is 9.59 Å². The lowest BCUT2D eigenvalue weighted by atomic mass is 9.88. The second-order valence-electron chi connectivity index (χ2n) is 9.06. The predicted molar refractivity (Wildman–Crippen MR) is 130 cm³/mol. The Bertz CT molecular complexity index is 1190. The molecule has 2 N–H and O–H groups in total. The number of amides is 2. The van der Waals surface area contributed by atoms with Crippen molar-refractivity contribution in [2.45, 2.75) is 58.1 Å². The minimum absolute atomic E-state index is 0.00999. The van der Waals surface area contributed by atoms with Crippen LogP contribution in [0.15, 0.2) is 24.3 Å². The molecule has 0 saturated carbocycles. The highest BCUT2D eigenvalue weighted by Crippen LogP contribution is 2.40. The molecule has 34 heavy (non-hydrogen) atoms. The number of fused-ring (bicyclic) bond motifs is 1. The van der Waals surface area contributed by atoms with Crippen molar-refractivity contribution in [1.29, 1.82) is 0 Å². The van der Waals surface area contributed by atoms with Gasteiger partial charge in [0.15, 0.2) is 27.5 Å². The van der Waals surface area contributed by atoms with Gasteiger partial charge in [0, 0.05) is 10.9 Å². The van der Waals surface area contributed by atoms with Gasteiger partial charge in [0.2, 0.25) is 0 Å². The van der Waals surface area contributed by atoms with Gasteiger partial charge in [-0.1, -0.05) is 26.0 Å². The van der Waals surface area contributed by atoms with Gasteiger partial charge in [-0.2, -0.15) is 0 Å². The summed E-state index contributed by atoms with van der Waals surface area (Å²) < 4.78 is 43.3. The van der Waals surface area contributed by atoms with E-state index >= 15 is 0 Å². The molecule has 0 spiro atoms. The van der Waals surface area contributed by atoms with Gasteiger partial charge >= 0.3 is 0 Å². The van der Waals surface area contributed by atoms with Crippen LogP contribution in [0.1, 0.15) is 53.9 Å². The lowest BCUT2D eigenvalue weighted by Gasteiger charge is -2.20. The summed E-state index contributed by atoms with van der Waals surface area (Å²) in [5.41, 5.74) is 1.32. The standard InChI is InChI=1S/C24H29FN2O5S2/c1-3-18(32-19-7-5-4-6-17(19)25)22(28)27-24-21(16-9-8-14(2)12-20(16)33-24)23(29)26-15-10-11-34(30,31)13-15/h4-7,14-15,18H,3,8-13H2,1-2H3,(H,26,29)(H,27,28)/t14-,15+,18+/m1/s1.